The van der Waals surface area contributed by atoms with Gasteiger partial charge >= 0.3 is 0 Å². The molecule has 6 nitrogen and oxygen atoms in total. The van der Waals surface area contributed by atoms with Crippen LogP contribution in [0.1, 0.15) is 32.6 Å². The van der Waals surface area contributed by atoms with Gasteiger partial charge in [0.1, 0.15) is 5.75 Å². The lowest BCUT2D eigenvalue weighted by molar-refractivity contribution is -0.119. The van der Waals surface area contributed by atoms with E-state index in [1.165, 1.54) is 18.2 Å². The van der Waals surface area contributed by atoms with Crippen LogP contribution < -0.4 is 15.6 Å². The van der Waals surface area contributed by atoms with Crippen LogP contribution >= 0.6 is 11.8 Å². The molecule has 1 N–H and O–H groups in total. The van der Waals surface area contributed by atoms with E-state index >= 15 is 0 Å². The molecule has 2 atom stereocenters. The van der Waals surface area contributed by atoms with Crippen LogP contribution in [0.2, 0.25) is 0 Å². The average molecular weight is 438 g/mol. The number of thioether (sulfide) groups is 1. The highest BCUT2D eigenvalue weighted by Crippen LogP contribution is 2.25. The van der Waals surface area contributed by atoms with Crippen molar-refractivity contribution in [1.82, 2.24) is 14.9 Å². The van der Waals surface area contributed by atoms with Gasteiger partial charge in [-0.25, -0.2) is 4.98 Å². The zero-order valence-corrected chi connectivity index (χ0v) is 18.7. The quantitative estimate of drug-likeness (QED) is 0.463. The van der Waals surface area contributed by atoms with Crippen LogP contribution in [0.5, 0.6) is 5.75 Å². The number of carbonyl (C=O) groups excluding carboxylic acids is 1. The maximum atomic E-state index is 13.3. The summed E-state index contributed by atoms with van der Waals surface area (Å²) in [7, 11) is 1.60. The Labute approximate surface area is 186 Å². The van der Waals surface area contributed by atoms with Gasteiger partial charge in [0.05, 0.1) is 29.5 Å². The molecule has 0 spiro atoms. The topological polar surface area (TPSA) is 73.2 Å². The summed E-state index contributed by atoms with van der Waals surface area (Å²) in [5.41, 5.74) is 1.16. The van der Waals surface area contributed by atoms with Crippen molar-refractivity contribution in [3.63, 3.8) is 0 Å². The number of amides is 1. The number of carbonyl (C=O) groups is 1. The molecule has 31 heavy (non-hydrogen) atoms. The fourth-order valence-electron chi connectivity index (χ4n) is 4.08. The molecule has 4 rings (SSSR count). The van der Waals surface area contributed by atoms with Gasteiger partial charge in [0.25, 0.3) is 5.56 Å². The predicted octanol–water partition coefficient (Wildman–Crippen LogP) is 4.18. The van der Waals surface area contributed by atoms with Crippen molar-refractivity contribution in [3.8, 4) is 11.4 Å². The second kappa shape index (κ2) is 9.56. The van der Waals surface area contributed by atoms with E-state index in [2.05, 4.69) is 12.2 Å². The minimum Gasteiger partial charge on any atom is -0.497 e. The van der Waals surface area contributed by atoms with Crippen LogP contribution in [0.3, 0.4) is 0 Å². The molecule has 2 aromatic carbocycles. The fraction of sp³-hybridized carbons (Fsp3) is 0.375. The Morgan fingerprint density at radius 2 is 1.90 bits per heavy atom. The number of benzene rings is 2. The summed E-state index contributed by atoms with van der Waals surface area (Å²) in [5.74, 6) is 1.40. The van der Waals surface area contributed by atoms with Gasteiger partial charge in [-0.05, 0) is 55.2 Å². The zero-order chi connectivity index (χ0) is 21.8. The average Bonchev–Trinajstić information content (AvgIpc) is 2.79. The van der Waals surface area contributed by atoms with E-state index in [0.29, 0.717) is 33.4 Å². The number of para-hydroxylation sites is 1. The fourth-order valence-corrected chi connectivity index (χ4v) is 4.90. The Morgan fingerprint density at radius 3 is 2.65 bits per heavy atom. The standard InChI is InChI=1S/C24H27N3O3S/c1-16-7-3-5-9-20(16)25-22(28)15-31-24-26-21-10-6-4-8-19(21)23(29)27(24)17-11-13-18(30-2)14-12-17/h4,6,8,10-14,16,20H,3,5,7,9,15H2,1-2H3,(H,25,28)/t16-,20+/m1/s1. The molecule has 1 aliphatic carbocycles. The first-order valence-corrected chi connectivity index (χ1v) is 11.6. The maximum absolute atomic E-state index is 13.3. The van der Waals surface area contributed by atoms with Crippen molar-refractivity contribution in [2.45, 2.75) is 43.8 Å². The number of aromatic nitrogens is 2. The summed E-state index contributed by atoms with van der Waals surface area (Å²) >= 11 is 1.29. The Kier molecular flexibility index (Phi) is 6.61. The predicted molar refractivity (Wildman–Crippen MR) is 124 cm³/mol. The van der Waals surface area contributed by atoms with Gasteiger partial charge in [-0.2, -0.15) is 0 Å². The van der Waals surface area contributed by atoms with Crippen molar-refractivity contribution < 1.29 is 9.53 Å². The van der Waals surface area contributed by atoms with Gasteiger partial charge in [-0.3, -0.25) is 14.2 Å². The Hall–Kier alpha value is -2.80. The Balaban J connectivity index is 1.62. The number of ether oxygens (including phenoxy) is 1. The molecular weight excluding hydrogens is 410 g/mol. The largest absolute Gasteiger partial charge is 0.497 e. The Morgan fingerprint density at radius 1 is 1.16 bits per heavy atom. The lowest BCUT2D eigenvalue weighted by atomic mass is 9.86. The van der Waals surface area contributed by atoms with Gasteiger partial charge in [-0.1, -0.05) is 43.7 Å². The molecule has 1 saturated carbocycles. The van der Waals surface area contributed by atoms with E-state index in [9.17, 15) is 9.59 Å². The smallest absolute Gasteiger partial charge is 0.266 e. The highest BCUT2D eigenvalue weighted by molar-refractivity contribution is 7.99. The van der Waals surface area contributed by atoms with E-state index in [0.717, 1.165) is 19.3 Å². The second-order valence-corrected chi connectivity index (χ2v) is 8.92. The van der Waals surface area contributed by atoms with Crippen molar-refractivity contribution in [1.29, 1.82) is 0 Å². The van der Waals surface area contributed by atoms with Crippen molar-refractivity contribution in [2.24, 2.45) is 5.92 Å². The van der Waals surface area contributed by atoms with Gasteiger partial charge in [-0.15, -0.1) is 0 Å². The van der Waals surface area contributed by atoms with Gasteiger partial charge in [0.2, 0.25) is 5.91 Å². The molecule has 162 valence electrons. The molecule has 0 unspecified atom stereocenters. The summed E-state index contributed by atoms with van der Waals surface area (Å²) in [6, 6.07) is 14.8. The second-order valence-electron chi connectivity index (χ2n) is 7.97. The molecule has 7 heteroatoms. The van der Waals surface area contributed by atoms with Crippen LogP contribution in [0.25, 0.3) is 16.6 Å². The summed E-state index contributed by atoms with van der Waals surface area (Å²) in [4.78, 5) is 30.6. The van der Waals surface area contributed by atoms with Gasteiger partial charge < -0.3 is 10.1 Å². The first-order chi connectivity index (χ1) is 15.1. The SMILES string of the molecule is COc1ccc(-n2c(SCC(=O)N[C@H]3CCCC[C@H]3C)nc3ccccc3c2=O)cc1. The first-order valence-electron chi connectivity index (χ1n) is 10.6. The molecule has 0 saturated heterocycles. The zero-order valence-electron chi connectivity index (χ0n) is 17.8. The number of nitrogens with zero attached hydrogens (tertiary/aromatic N) is 2. The number of hydrogen-bond acceptors (Lipinski definition) is 5. The normalized spacial score (nSPS) is 18.6. The summed E-state index contributed by atoms with van der Waals surface area (Å²) < 4.78 is 6.81. The van der Waals surface area contributed by atoms with E-state index in [1.807, 2.05) is 42.5 Å². The van der Waals surface area contributed by atoms with Crippen LogP contribution in [-0.4, -0.2) is 34.4 Å². The van der Waals surface area contributed by atoms with Crippen LogP contribution in [0.15, 0.2) is 58.5 Å². The lowest BCUT2D eigenvalue weighted by Gasteiger charge is -2.29. The number of rotatable bonds is 6. The molecule has 1 amide bonds. The van der Waals surface area contributed by atoms with Crippen LogP contribution in [0, 0.1) is 5.92 Å². The minimum absolute atomic E-state index is 0.0209. The lowest BCUT2D eigenvalue weighted by Crippen LogP contribution is -2.41. The van der Waals surface area contributed by atoms with E-state index in [-0.39, 0.29) is 23.3 Å². The third-order valence-corrected chi connectivity index (χ3v) is 6.80. The van der Waals surface area contributed by atoms with E-state index < -0.39 is 0 Å². The third-order valence-electron chi connectivity index (χ3n) is 5.87. The molecule has 0 bridgehead atoms. The highest BCUT2D eigenvalue weighted by atomic mass is 32.2. The van der Waals surface area contributed by atoms with Crippen LogP contribution in [-0.2, 0) is 4.79 Å². The monoisotopic (exact) mass is 437 g/mol. The van der Waals surface area contributed by atoms with Gasteiger partial charge in [0, 0.05) is 6.04 Å². The third kappa shape index (κ3) is 4.77. The summed E-state index contributed by atoms with van der Waals surface area (Å²) in [5, 5.41) is 4.22. The first kappa shape index (κ1) is 21.4. The molecular formula is C24H27N3O3S. The molecule has 1 heterocycles. The molecule has 1 fully saturated rings. The minimum atomic E-state index is -0.153. The van der Waals surface area contributed by atoms with Crippen molar-refractivity contribution in [2.75, 3.05) is 12.9 Å². The summed E-state index contributed by atoms with van der Waals surface area (Å²) in [6.45, 7) is 2.20. The molecule has 0 radical (unpaired) electrons. The number of nitrogens with one attached hydrogen (secondary N) is 1. The van der Waals surface area contributed by atoms with Crippen molar-refractivity contribution >= 4 is 28.6 Å². The van der Waals surface area contributed by atoms with Gasteiger partial charge in [0.15, 0.2) is 5.16 Å². The molecule has 1 aromatic heterocycles. The summed E-state index contributed by atoms with van der Waals surface area (Å²) in [6.07, 6.45) is 4.58. The van der Waals surface area contributed by atoms with Crippen LogP contribution in [0.4, 0.5) is 0 Å². The molecule has 0 aliphatic heterocycles. The molecule has 3 aromatic rings. The number of hydrogen-bond donors (Lipinski definition) is 1. The number of fused-ring (bicyclic) bond motifs is 1. The highest BCUT2D eigenvalue weighted by Gasteiger charge is 2.23. The molecule has 1 aliphatic rings. The Bertz CT molecular complexity index is 1130. The van der Waals surface area contributed by atoms with E-state index in [4.69, 9.17) is 9.72 Å². The maximum Gasteiger partial charge on any atom is 0.266 e. The van der Waals surface area contributed by atoms with Crippen molar-refractivity contribution in [3.05, 3.63) is 58.9 Å². The van der Waals surface area contributed by atoms with E-state index in [1.54, 1.807) is 17.7 Å². The number of methoxy groups -OCH3 is 1.